The van der Waals surface area contributed by atoms with E-state index in [1.807, 2.05) is 54.6 Å². The maximum Gasteiger partial charge on any atom is 0.249 e. The summed E-state index contributed by atoms with van der Waals surface area (Å²) in [6, 6.07) is 17.7. The van der Waals surface area contributed by atoms with Gasteiger partial charge in [-0.1, -0.05) is 54.1 Å². The van der Waals surface area contributed by atoms with E-state index >= 15 is 0 Å². The lowest BCUT2D eigenvalue weighted by Crippen LogP contribution is -2.38. The largest absolute Gasteiger partial charge is 0.401 e. The molecule has 0 radical (unpaired) electrons. The van der Waals surface area contributed by atoms with Gasteiger partial charge in [-0.05, 0) is 29.7 Å². The monoisotopic (exact) mass is 355 g/mol. The number of carbonyl (C=O) groups excluding carboxylic acids is 1. The highest BCUT2D eigenvalue weighted by atomic mass is 35.5. The minimum Gasteiger partial charge on any atom is -0.401 e. The van der Waals surface area contributed by atoms with Crippen LogP contribution in [0, 0.1) is 0 Å². The third-order valence-corrected chi connectivity index (χ3v) is 4.60. The van der Waals surface area contributed by atoms with E-state index in [1.54, 1.807) is 0 Å². The number of rotatable bonds is 5. The lowest BCUT2D eigenvalue weighted by molar-refractivity contribution is -0.118. The van der Waals surface area contributed by atoms with E-state index in [1.165, 1.54) is 5.56 Å². The number of halogens is 1. The van der Waals surface area contributed by atoms with Crippen LogP contribution in [-0.2, 0) is 17.9 Å². The molecule has 0 atom stereocenters. The van der Waals surface area contributed by atoms with Crippen molar-refractivity contribution in [3.8, 4) is 0 Å². The van der Waals surface area contributed by atoms with Gasteiger partial charge in [0.05, 0.1) is 0 Å². The first-order valence-electron chi connectivity index (χ1n) is 8.38. The molecule has 4 nitrogen and oxygen atoms in total. The lowest BCUT2D eigenvalue weighted by Gasteiger charge is -2.28. The maximum absolute atomic E-state index is 12.4. The first-order valence-corrected chi connectivity index (χ1v) is 8.76. The molecular weight excluding hydrogens is 334 g/mol. The molecule has 5 heteroatoms. The van der Waals surface area contributed by atoms with E-state index < -0.39 is 0 Å². The highest BCUT2D eigenvalue weighted by Crippen LogP contribution is 2.18. The highest BCUT2D eigenvalue weighted by molar-refractivity contribution is 6.30. The summed E-state index contributed by atoms with van der Waals surface area (Å²) in [7, 11) is 0. The molecule has 0 aliphatic carbocycles. The van der Waals surface area contributed by atoms with Crippen LogP contribution in [0.3, 0.4) is 0 Å². The van der Waals surface area contributed by atoms with Gasteiger partial charge in [-0.2, -0.15) is 0 Å². The summed E-state index contributed by atoms with van der Waals surface area (Å²) in [4.78, 5) is 14.6. The third-order valence-electron chi connectivity index (χ3n) is 4.35. The van der Waals surface area contributed by atoms with Crippen LogP contribution in [0.2, 0.25) is 5.02 Å². The topological polar surface area (TPSA) is 58.4 Å². The smallest absolute Gasteiger partial charge is 0.249 e. The zero-order valence-corrected chi connectivity index (χ0v) is 14.8. The first kappa shape index (κ1) is 17.5. The minimum atomic E-state index is -0.0625. The van der Waals surface area contributed by atoms with Gasteiger partial charge in [0.1, 0.15) is 0 Å². The Balaban J connectivity index is 1.56. The van der Waals surface area contributed by atoms with Gasteiger partial charge in [-0.3, -0.25) is 9.69 Å². The number of nitrogens with zero attached hydrogens (tertiary/aromatic N) is 1. The summed E-state index contributed by atoms with van der Waals surface area (Å²) < 4.78 is 0. The van der Waals surface area contributed by atoms with E-state index in [0.29, 0.717) is 30.8 Å². The normalized spacial score (nSPS) is 15.2. The predicted molar refractivity (Wildman–Crippen MR) is 101 cm³/mol. The van der Waals surface area contributed by atoms with Crippen molar-refractivity contribution in [3.63, 3.8) is 0 Å². The van der Waals surface area contributed by atoms with Crippen LogP contribution in [0.25, 0.3) is 0 Å². The molecule has 0 spiro atoms. The van der Waals surface area contributed by atoms with Crippen molar-refractivity contribution in [1.29, 1.82) is 0 Å². The Morgan fingerprint density at radius 2 is 1.80 bits per heavy atom. The van der Waals surface area contributed by atoms with Gasteiger partial charge in [0.15, 0.2) is 0 Å². The SMILES string of the molecule is NC1=C(C(=O)NCc2ccccc2)CCN(Cc2ccc(Cl)cc2)C1. The third kappa shape index (κ3) is 4.84. The number of carbonyl (C=O) groups is 1. The van der Waals surface area contributed by atoms with Crippen molar-refractivity contribution in [1.82, 2.24) is 10.2 Å². The number of benzene rings is 2. The second kappa shape index (κ2) is 8.19. The number of nitrogens with two attached hydrogens (primary N) is 1. The quantitative estimate of drug-likeness (QED) is 0.866. The number of hydrogen-bond acceptors (Lipinski definition) is 3. The van der Waals surface area contributed by atoms with Gasteiger partial charge in [0.2, 0.25) is 5.91 Å². The summed E-state index contributed by atoms with van der Waals surface area (Å²) >= 11 is 5.92. The standard InChI is InChI=1S/C20H22ClN3O/c21-17-8-6-16(7-9-17)13-24-11-10-18(19(22)14-24)20(25)23-12-15-4-2-1-3-5-15/h1-9H,10-14,22H2,(H,23,25). The summed E-state index contributed by atoms with van der Waals surface area (Å²) in [6.07, 6.45) is 0.667. The van der Waals surface area contributed by atoms with E-state index in [4.69, 9.17) is 17.3 Å². The van der Waals surface area contributed by atoms with Crippen LogP contribution in [0.4, 0.5) is 0 Å². The van der Waals surface area contributed by atoms with Crippen LogP contribution < -0.4 is 11.1 Å². The van der Waals surface area contributed by atoms with Crippen LogP contribution >= 0.6 is 11.6 Å². The first-order chi connectivity index (χ1) is 12.1. The zero-order chi connectivity index (χ0) is 17.6. The maximum atomic E-state index is 12.4. The van der Waals surface area contributed by atoms with Crippen LogP contribution in [0.15, 0.2) is 65.9 Å². The molecule has 3 rings (SSSR count). The van der Waals surface area contributed by atoms with Gasteiger partial charge >= 0.3 is 0 Å². The highest BCUT2D eigenvalue weighted by Gasteiger charge is 2.21. The molecule has 0 fully saturated rings. The fourth-order valence-corrected chi connectivity index (χ4v) is 3.10. The molecule has 1 amide bonds. The molecule has 2 aromatic rings. The average molecular weight is 356 g/mol. The van der Waals surface area contributed by atoms with Crippen molar-refractivity contribution >= 4 is 17.5 Å². The Labute approximate surface area is 153 Å². The molecule has 1 aliphatic rings. The zero-order valence-electron chi connectivity index (χ0n) is 14.0. The van der Waals surface area contributed by atoms with Gasteiger partial charge in [0.25, 0.3) is 0 Å². The lowest BCUT2D eigenvalue weighted by atomic mass is 10.0. The second-order valence-electron chi connectivity index (χ2n) is 6.26. The van der Waals surface area contributed by atoms with Gasteiger partial charge in [-0.25, -0.2) is 0 Å². The molecule has 0 saturated carbocycles. The van der Waals surface area contributed by atoms with Crippen molar-refractivity contribution in [2.45, 2.75) is 19.5 Å². The van der Waals surface area contributed by atoms with Crippen LogP contribution in [0.5, 0.6) is 0 Å². The number of amides is 1. The van der Waals surface area contributed by atoms with E-state index in [9.17, 15) is 4.79 Å². The fraction of sp³-hybridized carbons (Fsp3) is 0.250. The van der Waals surface area contributed by atoms with E-state index in [0.717, 1.165) is 23.7 Å². The Kier molecular flexibility index (Phi) is 5.74. The molecule has 0 saturated heterocycles. The molecule has 1 aliphatic heterocycles. The molecule has 2 aromatic carbocycles. The minimum absolute atomic E-state index is 0.0625. The van der Waals surface area contributed by atoms with E-state index in [-0.39, 0.29) is 5.91 Å². The Morgan fingerprint density at radius 3 is 2.48 bits per heavy atom. The number of hydrogen-bond donors (Lipinski definition) is 2. The molecule has 1 heterocycles. The molecule has 0 unspecified atom stereocenters. The molecule has 0 bridgehead atoms. The van der Waals surface area contributed by atoms with Crippen molar-refractivity contribution in [3.05, 3.63) is 82.0 Å². The Bertz CT molecular complexity index is 756. The van der Waals surface area contributed by atoms with E-state index in [2.05, 4.69) is 10.2 Å². The van der Waals surface area contributed by atoms with Crippen molar-refractivity contribution in [2.75, 3.05) is 13.1 Å². The molecule has 3 N–H and O–H groups in total. The summed E-state index contributed by atoms with van der Waals surface area (Å²) in [6.45, 7) is 2.75. The second-order valence-corrected chi connectivity index (χ2v) is 6.70. The van der Waals surface area contributed by atoms with Gasteiger partial charge in [-0.15, -0.1) is 0 Å². The summed E-state index contributed by atoms with van der Waals surface area (Å²) in [5.41, 5.74) is 9.81. The summed E-state index contributed by atoms with van der Waals surface area (Å²) in [5, 5.41) is 3.70. The van der Waals surface area contributed by atoms with Crippen molar-refractivity contribution in [2.24, 2.45) is 5.73 Å². The number of nitrogens with one attached hydrogen (secondary N) is 1. The van der Waals surface area contributed by atoms with Crippen LogP contribution in [0.1, 0.15) is 17.5 Å². The van der Waals surface area contributed by atoms with Crippen molar-refractivity contribution < 1.29 is 4.79 Å². The molecule has 25 heavy (non-hydrogen) atoms. The predicted octanol–water partition coefficient (Wildman–Crippen LogP) is 3.07. The molecular formula is C20H22ClN3O. The molecule has 130 valence electrons. The fourth-order valence-electron chi connectivity index (χ4n) is 2.97. The summed E-state index contributed by atoms with van der Waals surface area (Å²) in [5.74, 6) is -0.0625. The average Bonchev–Trinajstić information content (AvgIpc) is 2.63. The van der Waals surface area contributed by atoms with Gasteiger partial charge < -0.3 is 11.1 Å². The Morgan fingerprint density at radius 1 is 1.08 bits per heavy atom. The van der Waals surface area contributed by atoms with Crippen LogP contribution in [-0.4, -0.2) is 23.9 Å². The Hall–Kier alpha value is -2.30. The molecule has 0 aromatic heterocycles. The van der Waals surface area contributed by atoms with Gasteiger partial charge in [0, 0.05) is 42.5 Å².